The van der Waals surface area contributed by atoms with Gasteiger partial charge in [0.2, 0.25) is 5.91 Å². The lowest BCUT2D eigenvalue weighted by molar-refractivity contribution is -0.121. The Labute approximate surface area is 89.9 Å². The average Bonchev–Trinajstić information content (AvgIpc) is 2.27. The monoisotopic (exact) mass is 202 g/mol. The molecule has 3 heteroatoms. The fraction of sp³-hybridized carbons (Fsp3) is 0.333. The van der Waals surface area contributed by atoms with Crippen molar-refractivity contribution in [3.05, 3.63) is 29.8 Å². The Morgan fingerprint density at radius 1 is 1.33 bits per heavy atom. The minimum Gasteiger partial charge on any atom is -0.315 e. The fourth-order valence-electron chi connectivity index (χ4n) is 1.27. The number of rotatable bonds is 2. The standard InChI is InChI=1S/C12H14N2O/c1-9(2)12(15)14(3)11-6-4-10(8-13)5-7-11/h4-7,9H,1-3H3. The first-order valence-corrected chi connectivity index (χ1v) is 4.84. The minimum atomic E-state index is -0.0226. The largest absolute Gasteiger partial charge is 0.315 e. The molecule has 0 N–H and O–H groups in total. The van der Waals surface area contributed by atoms with E-state index >= 15 is 0 Å². The van der Waals surface area contributed by atoms with E-state index in [-0.39, 0.29) is 11.8 Å². The molecule has 1 aromatic carbocycles. The van der Waals surface area contributed by atoms with E-state index in [0.717, 1.165) is 5.69 Å². The van der Waals surface area contributed by atoms with Gasteiger partial charge in [0.1, 0.15) is 0 Å². The van der Waals surface area contributed by atoms with Crippen LogP contribution in [0.3, 0.4) is 0 Å². The number of amides is 1. The molecule has 1 aromatic rings. The Bertz CT molecular complexity index is 387. The summed E-state index contributed by atoms with van der Waals surface area (Å²) in [5, 5.41) is 8.63. The Hall–Kier alpha value is -1.82. The molecule has 0 aliphatic heterocycles. The molecular formula is C12H14N2O. The van der Waals surface area contributed by atoms with Crippen LogP contribution in [0, 0.1) is 17.2 Å². The van der Waals surface area contributed by atoms with Crippen molar-refractivity contribution in [1.82, 2.24) is 0 Å². The van der Waals surface area contributed by atoms with E-state index in [1.165, 1.54) is 0 Å². The van der Waals surface area contributed by atoms with Gasteiger partial charge < -0.3 is 4.90 Å². The molecule has 3 nitrogen and oxygen atoms in total. The zero-order valence-corrected chi connectivity index (χ0v) is 9.19. The van der Waals surface area contributed by atoms with Crippen molar-refractivity contribution in [3.63, 3.8) is 0 Å². The number of carbonyl (C=O) groups excluding carboxylic acids is 1. The second kappa shape index (κ2) is 4.61. The Balaban J connectivity index is 2.88. The molecule has 15 heavy (non-hydrogen) atoms. The van der Waals surface area contributed by atoms with Crippen LogP contribution in [0.4, 0.5) is 5.69 Å². The lowest BCUT2D eigenvalue weighted by Crippen LogP contribution is -2.30. The summed E-state index contributed by atoms with van der Waals surface area (Å²) < 4.78 is 0. The number of carbonyl (C=O) groups is 1. The quantitative estimate of drug-likeness (QED) is 0.737. The first-order chi connectivity index (χ1) is 7.06. The molecule has 0 spiro atoms. The molecule has 1 amide bonds. The Kier molecular flexibility index (Phi) is 3.46. The topological polar surface area (TPSA) is 44.1 Å². The molecular weight excluding hydrogens is 188 g/mol. The van der Waals surface area contributed by atoms with Gasteiger partial charge >= 0.3 is 0 Å². The average molecular weight is 202 g/mol. The predicted molar refractivity (Wildman–Crippen MR) is 59.4 cm³/mol. The zero-order chi connectivity index (χ0) is 11.4. The summed E-state index contributed by atoms with van der Waals surface area (Å²) in [5.74, 6) is 0.0466. The van der Waals surface area contributed by atoms with Gasteiger partial charge in [-0.1, -0.05) is 13.8 Å². The van der Waals surface area contributed by atoms with Crippen molar-refractivity contribution in [2.24, 2.45) is 5.92 Å². The maximum absolute atomic E-state index is 11.7. The molecule has 0 radical (unpaired) electrons. The highest BCUT2D eigenvalue weighted by Gasteiger charge is 2.13. The van der Waals surface area contributed by atoms with Crippen LogP contribution in [0.15, 0.2) is 24.3 Å². The summed E-state index contributed by atoms with van der Waals surface area (Å²) >= 11 is 0. The van der Waals surface area contributed by atoms with Crippen LogP contribution in [-0.2, 0) is 4.79 Å². The number of benzene rings is 1. The van der Waals surface area contributed by atoms with Crippen LogP contribution in [0.5, 0.6) is 0 Å². The summed E-state index contributed by atoms with van der Waals surface area (Å²) in [4.78, 5) is 13.3. The third-order valence-corrected chi connectivity index (χ3v) is 2.21. The van der Waals surface area contributed by atoms with E-state index in [1.807, 2.05) is 19.9 Å². The molecule has 0 aliphatic rings. The highest BCUT2D eigenvalue weighted by atomic mass is 16.2. The van der Waals surface area contributed by atoms with Crippen LogP contribution in [-0.4, -0.2) is 13.0 Å². The van der Waals surface area contributed by atoms with Crippen molar-refractivity contribution in [2.45, 2.75) is 13.8 Å². The van der Waals surface area contributed by atoms with Crippen LogP contribution < -0.4 is 4.90 Å². The van der Waals surface area contributed by atoms with Gasteiger partial charge in [-0.3, -0.25) is 4.79 Å². The fourth-order valence-corrected chi connectivity index (χ4v) is 1.27. The molecule has 78 valence electrons. The van der Waals surface area contributed by atoms with E-state index in [2.05, 4.69) is 0 Å². The van der Waals surface area contributed by atoms with Gasteiger partial charge in [-0.25, -0.2) is 0 Å². The molecule has 0 atom stereocenters. The number of hydrogen-bond donors (Lipinski definition) is 0. The lowest BCUT2D eigenvalue weighted by Gasteiger charge is -2.19. The van der Waals surface area contributed by atoms with Crippen molar-refractivity contribution in [2.75, 3.05) is 11.9 Å². The number of nitriles is 1. The van der Waals surface area contributed by atoms with Gasteiger partial charge in [0.15, 0.2) is 0 Å². The van der Waals surface area contributed by atoms with Crippen LogP contribution in [0.2, 0.25) is 0 Å². The van der Waals surface area contributed by atoms with Gasteiger partial charge in [0, 0.05) is 18.7 Å². The van der Waals surface area contributed by atoms with Gasteiger partial charge in [-0.05, 0) is 24.3 Å². The van der Waals surface area contributed by atoms with E-state index in [9.17, 15) is 4.79 Å². The summed E-state index contributed by atoms with van der Waals surface area (Å²) in [6.45, 7) is 3.73. The molecule has 0 saturated carbocycles. The van der Waals surface area contributed by atoms with E-state index in [1.54, 1.807) is 36.2 Å². The molecule has 0 bridgehead atoms. The maximum atomic E-state index is 11.7. The van der Waals surface area contributed by atoms with Gasteiger partial charge in [0.05, 0.1) is 11.6 Å². The summed E-state index contributed by atoms with van der Waals surface area (Å²) in [7, 11) is 1.74. The number of hydrogen-bond acceptors (Lipinski definition) is 2. The summed E-state index contributed by atoms with van der Waals surface area (Å²) in [6.07, 6.45) is 0. The highest BCUT2D eigenvalue weighted by Crippen LogP contribution is 2.15. The third-order valence-electron chi connectivity index (χ3n) is 2.21. The van der Waals surface area contributed by atoms with Crippen molar-refractivity contribution < 1.29 is 4.79 Å². The van der Waals surface area contributed by atoms with E-state index < -0.39 is 0 Å². The molecule has 0 aliphatic carbocycles. The van der Waals surface area contributed by atoms with Gasteiger partial charge in [-0.15, -0.1) is 0 Å². The molecule has 0 fully saturated rings. The smallest absolute Gasteiger partial charge is 0.229 e. The second-order valence-corrected chi connectivity index (χ2v) is 3.71. The molecule has 0 saturated heterocycles. The normalized spacial score (nSPS) is 9.80. The van der Waals surface area contributed by atoms with Gasteiger partial charge in [0.25, 0.3) is 0 Å². The first-order valence-electron chi connectivity index (χ1n) is 4.84. The van der Waals surface area contributed by atoms with Crippen molar-refractivity contribution in [1.29, 1.82) is 5.26 Å². The van der Waals surface area contributed by atoms with Gasteiger partial charge in [-0.2, -0.15) is 5.26 Å². The first kappa shape index (κ1) is 11.3. The van der Waals surface area contributed by atoms with Crippen molar-refractivity contribution >= 4 is 11.6 Å². The lowest BCUT2D eigenvalue weighted by atomic mass is 10.1. The number of anilines is 1. The van der Waals surface area contributed by atoms with E-state index in [0.29, 0.717) is 5.56 Å². The predicted octanol–water partition coefficient (Wildman–Crippen LogP) is 2.18. The SMILES string of the molecule is CC(C)C(=O)N(C)c1ccc(C#N)cc1. The maximum Gasteiger partial charge on any atom is 0.229 e. The molecule has 0 aromatic heterocycles. The Morgan fingerprint density at radius 3 is 2.27 bits per heavy atom. The Morgan fingerprint density at radius 2 is 1.87 bits per heavy atom. The van der Waals surface area contributed by atoms with Crippen molar-refractivity contribution in [3.8, 4) is 6.07 Å². The summed E-state index contributed by atoms with van der Waals surface area (Å²) in [5.41, 5.74) is 1.41. The van der Waals surface area contributed by atoms with Crippen LogP contribution >= 0.6 is 0 Å². The highest BCUT2D eigenvalue weighted by molar-refractivity contribution is 5.94. The number of nitrogens with zero attached hydrogens (tertiary/aromatic N) is 2. The second-order valence-electron chi connectivity index (χ2n) is 3.71. The third kappa shape index (κ3) is 2.57. The van der Waals surface area contributed by atoms with Crippen LogP contribution in [0.25, 0.3) is 0 Å². The van der Waals surface area contributed by atoms with E-state index in [4.69, 9.17) is 5.26 Å². The molecule has 0 heterocycles. The van der Waals surface area contributed by atoms with Crippen LogP contribution in [0.1, 0.15) is 19.4 Å². The minimum absolute atomic E-state index is 0.0226. The molecule has 0 unspecified atom stereocenters. The molecule has 1 rings (SSSR count). The summed E-state index contributed by atoms with van der Waals surface area (Å²) in [6, 6.07) is 9.01. The zero-order valence-electron chi connectivity index (χ0n) is 9.19.